The van der Waals surface area contributed by atoms with Crippen LogP contribution in [0.3, 0.4) is 0 Å². The van der Waals surface area contributed by atoms with Crippen molar-refractivity contribution < 1.29 is 23.5 Å². The lowest BCUT2D eigenvalue weighted by Crippen LogP contribution is -2.58. The standard InChI is InChI=1S/C40H44FN3O4S/c1-6-26(4)35(43-23-40(24-43)18-21-48-22-19-40)32(16-11-25(2)3)38(46)42-29-14-12-28(13-15-29)39(47)44-20-17-31-34(41)36(27(5)45)49-37(31)30-9-7-8-10-33(30)44/h7-16H,6,17-24H2,1-5H3,(H,42,46)/b32-16+,35-26-. The predicted molar refractivity (Wildman–Crippen MR) is 195 cm³/mol. The van der Waals surface area contributed by atoms with E-state index in [0.29, 0.717) is 39.4 Å². The molecule has 0 bridgehead atoms. The molecule has 2 fully saturated rings. The van der Waals surface area contributed by atoms with E-state index in [-0.39, 0.29) is 34.4 Å². The average Bonchev–Trinajstić information content (AvgIpc) is 3.32. The predicted octanol–water partition coefficient (Wildman–Crippen LogP) is 8.59. The van der Waals surface area contributed by atoms with E-state index >= 15 is 4.39 Å². The Balaban J connectivity index is 1.22. The number of nitrogens with one attached hydrogen (secondary N) is 1. The molecule has 9 heteroatoms. The molecule has 4 heterocycles. The topological polar surface area (TPSA) is 79.0 Å². The van der Waals surface area contributed by atoms with Gasteiger partial charge in [0, 0.05) is 78.1 Å². The zero-order chi connectivity index (χ0) is 34.9. The fraction of sp³-hybridized carbons (Fsp3) is 0.375. The summed E-state index contributed by atoms with van der Waals surface area (Å²) in [5, 5.41) is 3.09. The minimum Gasteiger partial charge on any atom is -0.381 e. The molecule has 0 atom stereocenters. The number of nitrogens with zero attached hydrogens (tertiary/aromatic N) is 2. The van der Waals surface area contributed by atoms with Gasteiger partial charge in [-0.1, -0.05) is 36.8 Å². The SMILES string of the molecule is CC/C(C)=C(/C(=C\C=C(C)C)C(=O)Nc1ccc(C(=O)N2CCc3c(sc(C(C)=O)c3F)-c3ccccc32)cc1)N1CC2(CCOCC2)C1. The number of Topliss-reactive ketones (excluding diaryl/α,β-unsaturated/α-hetero) is 1. The first kappa shape index (κ1) is 34.5. The van der Waals surface area contributed by atoms with Gasteiger partial charge >= 0.3 is 0 Å². The summed E-state index contributed by atoms with van der Waals surface area (Å²) in [4.78, 5) is 44.9. The molecule has 6 rings (SSSR count). The largest absolute Gasteiger partial charge is 0.381 e. The van der Waals surface area contributed by atoms with Crippen LogP contribution in [0.1, 0.15) is 79.5 Å². The Morgan fingerprint density at radius 1 is 0.980 bits per heavy atom. The minimum atomic E-state index is -0.487. The normalized spacial score (nSPS) is 17.3. The summed E-state index contributed by atoms with van der Waals surface area (Å²) in [6.45, 7) is 13.3. The molecular formula is C40H44FN3O4S. The molecule has 2 saturated heterocycles. The van der Waals surface area contributed by atoms with Crippen LogP contribution < -0.4 is 10.2 Å². The molecule has 3 aliphatic heterocycles. The second-order valence-electron chi connectivity index (χ2n) is 13.6. The Morgan fingerprint density at radius 3 is 2.33 bits per heavy atom. The molecule has 0 radical (unpaired) electrons. The van der Waals surface area contributed by atoms with Crippen LogP contribution in [0.25, 0.3) is 10.4 Å². The quantitative estimate of drug-likeness (QED) is 0.146. The molecule has 1 aromatic heterocycles. The smallest absolute Gasteiger partial charge is 0.258 e. The number of anilines is 2. The van der Waals surface area contributed by atoms with E-state index in [4.69, 9.17) is 4.74 Å². The van der Waals surface area contributed by atoms with E-state index < -0.39 is 5.82 Å². The van der Waals surface area contributed by atoms with Gasteiger partial charge in [0.15, 0.2) is 5.78 Å². The van der Waals surface area contributed by atoms with Crippen molar-refractivity contribution >= 4 is 40.3 Å². The van der Waals surface area contributed by atoms with Gasteiger partial charge in [0.05, 0.1) is 11.3 Å². The van der Waals surface area contributed by atoms with E-state index in [2.05, 4.69) is 24.1 Å². The molecule has 1 N–H and O–H groups in total. The van der Waals surface area contributed by atoms with Crippen LogP contribution in [0.2, 0.25) is 0 Å². The Hall–Kier alpha value is -4.34. The van der Waals surface area contributed by atoms with Gasteiger partial charge in [-0.25, -0.2) is 4.39 Å². The molecule has 256 valence electrons. The number of likely N-dealkylation sites (tertiary alicyclic amines) is 1. The zero-order valence-electron chi connectivity index (χ0n) is 29.0. The number of para-hydroxylation sites is 1. The van der Waals surface area contributed by atoms with Crippen molar-refractivity contribution in [3.8, 4) is 10.4 Å². The van der Waals surface area contributed by atoms with Gasteiger partial charge in [-0.15, -0.1) is 11.3 Å². The summed E-state index contributed by atoms with van der Waals surface area (Å²) < 4.78 is 20.9. The lowest BCUT2D eigenvalue weighted by atomic mass is 9.72. The zero-order valence-corrected chi connectivity index (χ0v) is 29.8. The molecule has 0 unspecified atom stereocenters. The van der Waals surface area contributed by atoms with Crippen LogP contribution in [0.5, 0.6) is 0 Å². The highest BCUT2D eigenvalue weighted by molar-refractivity contribution is 7.17. The van der Waals surface area contributed by atoms with E-state index in [1.54, 1.807) is 29.2 Å². The number of rotatable bonds is 8. The Morgan fingerprint density at radius 2 is 1.67 bits per heavy atom. The fourth-order valence-electron chi connectivity index (χ4n) is 7.01. The maximum Gasteiger partial charge on any atom is 0.258 e. The van der Waals surface area contributed by atoms with Crippen LogP contribution >= 0.6 is 11.3 Å². The molecule has 7 nitrogen and oxygen atoms in total. The van der Waals surface area contributed by atoms with E-state index in [0.717, 1.165) is 79.3 Å². The highest BCUT2D eigenvalue weighted by Gasteiger charge is 2.45. The van der Waals surface area contributed by atoms with Crippen LogP contribution in [0.15, 0.2) is 83.1 Å². The van der Waals surface area contributed by atoms with E-state index in [1.165, 1.54) is 6.92 Å². The number of benzene rings is 2. The summed E-state index contributed by atoms with van der Waals surface area (Å²) in [5.41, 5.74) is 7.04. The van der Waals surface area contributed by atoms with Crippen molar-refractivity contribution in [2.45, 2.75) is 60.3 Å². The fourth-order valence-corrected chi connectivity index (χ4v) is 8.17. The first-order valence-corrected chi connectivity index (χ1v) is 17.9. The number of halogens is 1. The number of carbonyl (C=O) groups excluding carboxylic acids is 3. The second kappa shape index (κ2) is 14.3. The molecular weight excluding hydrogens is 638 g/mol. The van der Waals surface area contributed by atoms with Crippen molar-refractivity contribution in [1.29, 1.82) is 0 Å². The highest BCUT2D eigenvalue weighted by Crippen LogP contribution is 2.45. The molecule has 3 aromatic rings. The van der Waals surface area contributed by atoms with Gasteiger partial charge in [0.2, 0.25) is 0 Å². The molecule has 2 aromatic carbocycles. The number of thiophene rings is 1. The molecule has 49 heavy (non-hydrogen) atoms. The molecule has 1 spiro atoms. The van der Waals surface area contributed by atoms with Crippen molar-refractivity contribution in [3.05, 3.63) is 105 Å². The van der Waals surface area contributed by atoms with Crippen LogP contribution in [0.4, 0.5) is 15.8 Å². The monoisotopic (exact) mass is 681 g/mol. The lowest BCUT2D eigenvalue weighted by Gasteiger charge is -2.54. The number of allylic oxidation sites excluding steroid dienone is 4. The number of ketones is 1. The number of carbonyl (C=O) groups is 3. The molecule has 2 amide bonds. The number of hydrogen-bond acceptors (Lipinski definition) is 6. The molecule has 3 aliphatic rings. The van der Waals surface area contributed by atoms with Crippen molar-refractivity contribution in [1.82, 2.24) is 4.90 Å². The third kappa shape index (κ3) is 6.92. The van der Waals surface area contributed by atoms with Crippen molar-refractivity contribution in [2.75, 3.05) is 43.1 Å². The van der Waals surface area contributed by atoms with Gasteiger partial charge in [-0.2, -0.15) is 0 Å². The lowest BCUT2D eigenvalue weighted by molar-refractivity contribution is -0.113. The van der Waals surface area contributed by atoms with Gasteiger partial charge in [-0.3, -0.25) is 14.4 Å². The molecule has 0 saturated carbocycles. The third-order valence-electron chi connectivity index (χ3n) is 9.86. The van der Waals surface area contributed by atoms with Crippen molar-refractivity contribution in [2.24, 2.45) is 5.41 Å². The number of hydrogen-bond donors (Lipinski definition) is 1. The van der Waals surface area contributed by atoms with Gasteiger partial charge in [0.25, 0.3) is 11.8 Å². The van der Waals surface area contributed by atoms with Gasteiger partial charge in [-0.05, 0) is 88.4 Å². The highest BCUT2D eigenvalue weighted by atomic mass is 32.1. The van der Waals surface area contributed by atoms with E-state index in [1.807, 2.05) is 50.3 Å². The van der Waals surface area contributed by atoms with E-state index in [9.17, 15) is 14.4 Å². The van der Waals surface area contributed by atoms with Gasteiger partial charge < -0.3 is 19.9 Å². The Labute approximate surface area is 292 Å². The van der Waals surface area contributed by atoms with Crippen LogP contribution in [-0.4, -0.2) is 55.3 Å². The van der Waals surface area contributed by atoms with Gasteiger partial charge in [0.1, 0.15) is 10.7 Å². The number of amides is 2. The summed E-state index contributed by atoms with van der Waals surface area (Å²) >= 11 is 1.15. The third-order valence-corrected chi connectivity index (χ3v) is 11.2. The number of ether oxygens (including phenoxy) is 1. The molecule has 0 aliphatic carbocycles. The summed E-state index contributed by atoms with van der Waals surface area (Å²) in [6.07, 6.45) is 7.11. The maximum absolute atomic E-state index is 15.3. The number of fused-ring (bicyclic) bond motifs is 3. The Kier molecular flexibility index (Phi) is 10.0. The van der Waals surface area contributed by atoms with Crippen molar-refractivity contribution in [3.63, 3.8) is 0 Å². The Bertz CT molecular complexity index is 1870. The summed E-state index contributed by atoms with van der Waals surface area (Å²) in [5.74, 6) is -1.21. The van der Waals surface area contributed by atoms with Crippen LogP contribution in [-0.2, 0) is 16.0 Å². The summed E-state index contributed by atoms with van der Waals surface area (Å²) in [7, 11) is 0. The van der Waals surface area contributed by atoms with Crippen LogP contribution in [0, 0.1) is 11.2 Å². The minimum absolute atomic E-state index is 0.122. The first-order chi connectivity index (χ1) is 23.5. The average molecular weight is 682 g/mol. The maximum atomic E-state index is 15.3. The summed E-state index contributed by atoms with van der Waals surface area (Å²) in [6, 6.07) is 14.4. The first-order valence-electron chi connectivity index (χ1n) is 17.0. The second-order valence-corrected chi connectivity index (χ2v) is 14.7.